The van der Waals surface area contributed by atoms with Gasteiger partial charge in [-0.2, -0.15) is 0 Å². The highest BCUT2D eigenvalue weighted by Crippen LogP contribution is 2.33. The Hall–Kier alpha value is -2.09. The van der Waals surface area contributed by atoms with Gasteiger partial charge in [-0.3, -0.25) is 9.59 Å². The minimum absolute atomic E-state index is 0.0368. The molecule has 2 heterocycles. The number of carbonyl (C=O) groups excluding carboxylic acids is 2. The second kappa shape index (κ2) is 7.88. The van der Waals surface area contributed by atoms with Gasteiger partial charge in [-0.05, 0) is 31.9 Å². The summed E-state index contributed by atoms with van der Waals surface area (Å²) < 4.78 is 29.2. The first-order chi connectivity index (χ1) is 12.8. The van der Waals surface area contributed by atoms with E-state index in [0.29, 0.717) is 24.4 Å². The number of amides is 2. The quantitative estimate of drug-likeness (QED) is 0.732. The third kappa shape index (κ3) is 4.26. The van der Waals surface area contributed by atoms with Crippen LogP contribution in [0.2, 0.25) is 0 Å². The van der Waals surface area contributed by atoms with Gasteiger partial charge >= 0.3 is 0 Å². The van der Waals surface area contributed by atoms with Crippen molar-refractivity contribution in [2.24, 2.45) is 0 Å². The molecule has 1 saturated heterocycles. The van der Waals surface area contributed by atoms with Crippen molar-refractivity contribution < 1.29 is 22.7 Å². The lowest BCUT2D eigenvalue weighted by molar-refractivity contribution is -0.133. The van der Waals surface area contributed by atoms with Crippen LogP contribution < -0.4 is 9.64 Å². The molecule has 2 atom stereocenters. The number of carbonyl (C=O) groups is 2. The monoisotopic (exact) mass is 394 g/mol. The lowest BCUT2D eigenvalue weighted by Crippen LogP contribution is -2.47. The highest BCUT2D eigenvalue weighted by Gasteiger charge is 2.35. The van der Waals surface area contributed by atoms with Crippen molar-refractivity contribution in [3.8, 4) is 5.75 Å². The van der Waals surface area contributed by atoms with Crippen molar-refractivity contribution in [3.63, 3.8) is 0 Å². The van der Waals surface area contributed by atoms with Gasteiger partial charge in [0.25, 0.3) is 5.91 Å². The van der Waals surface area contributed by atoms with Crippen molar-refractivity contribution >= 4 is 27.3 Å². The predicted octanol–water partition coefficient (Wildman–Crippen LogP) is 1.62. The number of nitrogens with zero attached hydrogens (tertiary/aromatic N) is 2. The Labute approximate surface area is 160 Å². The standard InChI is InChI=1S/C19H26N2O5S/c1-3-10-20(15-9-12-27(24,25)13-15)18(22)8-11-21-16-6-4-5-7-17(16)26-14(2)19(21)23/h4-7,14-15H,3,8-13H2,1-2H3. The number of para-hydroxylation sites is 2. The summed E-state index contributed by atoms with van der Waals surface area (Å²) in [4.78, 5) is 28.6. The number of benzene rings is 1. The maximum atomic E-state index is 12.8. The third-order valence-corrected chi connectivity index (χ3v) is 6.81. The molecule has 0 aromatic heterocycles. The lowest BCUT2D eigenvalue weighted by atomic mass is 10.1. The first-order valence-corrected chi connectivity index (χ1v) is 11.2. The smallest absolute Gasteiger partial charge is 0.267 e. The van der Waals surface area contributed by atoms with Gasteiger partial charge in [0.15, 0.2) is 15.9 Å². The molecular formula is C19H26N2O5S. The Morgan fingerprint density at radius 2 is 2.07 bits per heavy atom. The van der Waals surface area contributed by atoms with Crippen LogP contribution in [-0.2, 0) is 19.4 Å². The number of rotatable bonds is 6. The lowest BCUT2D eigenvalue weighted by Gasteiger charge is -2.34. The molecule has 1 aromatic carbocycles. The molecule has 0 N–H and O–H groups in total. The summed E-state index contributed by atoms with van der Waals surface area (Å²) in [5, 5.41) is 0. The Kier molecular flexibility index (Phi) is 5.74. The molecule has 0 bridgehead atoms. The van der Waals surface area contributed by atoms with Crippen LogP contribution in [-0.4, -0.2) is 61.9 Å². The van der Waals surface area contributed by atoms with E-state index in [1.54, 1.807) is 28.9 Å². The summed E-state index contributed by atoms with van der Waals surface area (Å²) in [6, 6.07) is 7.02. The molecule has 0 spiro atoms. The zero-order valence-corrected chi connectivity index (χ0v) is 16.6. The number of hydrogen-bond donors (Lipinski definition) is 0. The number of anilines is 1. The van der Waals surface area contributed by atoms with Gasteiger partial charge in [-0.1, -0.05) is 19.1 Å². The van der Waals surface area contributed by atoms with Gasteiger partial charge in [-0.25, -0.2) is 8.42 Å². The van der Waals surface area contributed by atoms with Crippen molar-refractivity contribution in [3.05, 3.63) is 24.3 Å². The van der Waals surface area contributed by atoms with Crippen LogP contribution in [0.25, 0.3) is 0 Å². The van der Waals surface area contributed by atoms with Crippen LogP contribution in [0.3, 0.4) is 0 Å². The molecule has 7 nitrogen and oxygen atoms in total. The Morgan fingerprint density at radius 3 is 2.74 bits per heavy atom. The number of hydrogen-bond acceptors (Lipinski definition) is 5. The molecule has 1 aromatic rings. The van der Waals surface area contributed by atoms with Crippen molar-refractivity contribution in [2.45, 2.75) is 45.3 Å². The van der Waals surface area contributed by atoms with Gasteiger partial charge in [0.1, 0.15) is 5.75 Å². The minimum Gasteiger partial charge on any atom is -0.479 e. The fourth-order valence-corrected chi connectivity index (χ4v) is 5.44. The van der Waals surface area contributed by atoms with Crippen LogP contribution in [0.4, 0.5) is 5.69 Å². The minimum atomic E-state index is -3.06. The van der Waals surface area contributed by atoms with E-state index < -0.39 is 15.9 Å². The molecule has 0 radical (unpaired) electrons. The third-order valence-electron chi connectivity index (χ3n) is 5.06. The van der Waals surface area contributed by atoms with Crippen molar-refractivity contribution in [1.29, 1.82) is 0 Å². The normalized spacial score (nSPS) is 23.6. The summed E-state index contributed by atoms with van der Waals surface area (Å²) in [5.41, 5.74) is 0.666. The summed E-state index contributed by atoms with van der Waals surface area (Å²) in [7, 11) is -3.06. The zero-order valence-electron chi connectivity index (χ0n) is 15.8. The number of sulfone groups is 1. The van der Waals surface area contributed by atoms with Gasteiger partial charge in [0.05, 0.1) is 17.2 Å². The molecule has 0 aliphatic carbocycles. The maximum Gasteiger partial charge on any atom is 0.267 e. The highest BCUT2D eigenvalue weighted by molar-refractivity contribution is 7.91. The zero-order chi connectivity index (χ0) is 19.6. The van der Waals surface area contributed by atoms with Crippen LogP contribution in [0.5, 0.6) is 5.75 Å². The summed E-state index contributed by atoms with van der Waals surface area (Å²) in [5.74, 6) is 0.521. The molecule has 2 amide bonds. The second-order valence-corrected chi connectivity index (χ2v) is 9.34. The molecule has 3 rings (SSSR count). The topological polar surface area (TPSA) is 84.0 Å². The van der Waals surface area contributed by atoms with E-state index in [-0.39, 0.29) is 42.3 Å². The largest absolute Gasteiger partial charge is 0.479 e. The van der Waals surface area contributed by atoms with E-state index in [1.807, 2.05) is 19.1 Å². The van der Waals surface area contributed by atoms with E-state index in [2.05, 4.69) is 0 Å². The van der Waals surface area contributed by atoms with Crippen LogP contribution >= 0.6 is 0 Å². The van der Waals surface area contributed by atoms with E-state index in [0.717, 1.165) is 6.42 Å². The Bertz CT molecular complexity index is 823. The molecule has 0 saturated carbocycles. The fraction of sp³-hybridized carbons (Fsp3) is 0.579. The van der Waals surface area contributed by atoms with Crippen molar-refractivity contribution in [1.82, 2.24) is 4.90 Å². The van der Waals surface area contributed by atoms with Crippen LogP contribution in [0.1, 0.15) is 33.1 Å². The van der Waals surface area contributed by atoms with E-state index in [9.17, 15) is 18.0 Å². The van der Waals surface area contributed by atoms with E-state index in [1.165, 1.54) is 0 Å². The highest BCUT2D eigenvalue weighted by atomic mass is 32.2. The molecule has 1 fully saturated rings. The fourth-order valence-electron chi connectivity index (χ4n) is 3.71. The second-order valence-electron chi connectivity index (χ2n) is 7.11. The van der Waals surface area contributed by atoms with Gasteiger partial charge in [0, 0.05) is 25.6 Å². The van der Waals surface area contributed by atoms with Crippen LogP contribution in [0, 0.1) is 0 Å². The maximum absolute atomic E-state index is 12.8. The first kappa shape index (κ1) is 19.7. The summed E-state index contributed by atoms with van der Waals surface area (Å²) in [6.07, 6.45) is 0.814. The summed E-state index contributed by atoms with van der Waals surface area (Å²) >= 11 is 0. The predicted molar refractivity (Wildman–Crippen MR) is 103 cm³/mol. The molecule has 148 valence electrons. The van der Waals surface area contributed by atoms with Gasteiger partial charge in [-0.15, -0.1) is 0 Å². The van der Waals surface area contributed by atoms with Gasteiger partial charge < -0.3 is 14.5 Å². The molecular weight excluding hydrogens is 368 g/mol. The SMILES string of the molecule is CCCN(C(=O)CCN1C(=O)C(C)Oc2ccccc21)C1CCS(=O)(=O)C1. The van der Waals surface area contributed by atoms with E-state index >= 15 is 0 Å². The van der Waals surface area contributed by atoms with Crippen LogP contribution in [0.15, 0.2) is 24.3 Å². The molecule has 27 heavy (non-hydrogen) atoms. The average molecular weight is 394 g/mol. The number of ether oxygens (including phenoxy) is 1. The van der Waals surface area contributed by atoms with Crippen molar-refractivity contribution in [2.75, 3.05) is 29.5 Å². The Morgan fingerprint density at radius 1 is 1.33 bits per heavy atom. The van der Waals surface area contributed by atoms with Gasteiger partial charge in [0.2, 0.25) is 5.91 Å². The molecule has 8 heteroatoms. The number of fused-ring (bicyclic) bond motifs is 1. The average Bonchev–Trinajstić information content (AvgIpc) is 2.99. The molecule has 2 aliphatic heterocycles. The van der Waals surface area contributed by atoms with E-state index in [4.69, 9.17) is 4.74 Å². The Balaban J connectivity index is 1.71. The first-order valence-electron chi connectivity index (χ1n) is 9.39. The molecule has 2 unspecified atom stereocenters. The summed E-state index contributed by atoms with van der Waals surface area (Å²) in [6.45, 7) is 4.44. The molecule has 2 aliphatic rings.